The van der Waals surface area contributed by atoms with Crippen LogP contribution in [0.5, 0.6) is 11.5 Å². The van der Waals surface area contributed by atoms with Gasteiger partial charge in [0, 0.05) is 12.1 Å². The van der Waals surface area contributed by atoms with Crippen molar-refractivity contribution in [3.05, 3.63) is 63.7 Å². The van der Waals surface area contributed by atoms with Gasteiger partial charge in [0.25, 0.3) is 0 Å². The van der Waals surface area contributed by atoms with Gasteiger partial charge in [-0.2, -0.15) is 0 Å². The molecule has 6 nitrogen and oxygen atoms in total. The Balaban J connectivity index is 2.53. The Bertz CT molecular complexity index is 732. The largest absolute Gasteiger partial charge is 0.477 e. The minimum absolute atomic E-state index is 0.462. The van der Waals surface area contributed by atoms with E-state index in [9.17, 15) is 23.7 Å². The summed E-state index contributed by atoms with van der Waals surface area (Å²) in [7, 11) is 0. The molecule has 21 heavy (non-hydrogen) atoms. The quantitative estimate of drug-likeness (QED) is 0.690. The first-order valence-corrected chi connectivity index (χ1v) is 5.53. The molecule has 8 heteroatoms. The predicted molar refractivity (Wildman–Crippen MR) is 66.5 cm³/mol. The first-order chi connectivity index (χ1) is 9.90. The molecule has 0 aliphatic carbocycles. The smallest absolute Gasteiger partial charge is 0.342 e. The molecule has 0 aromatic heterocycles. The van der Waals surface area contributed by atoms with Gasteiger partial charge in [0.15, 0.2) is 0 Å². The Labute approximate surface area is 116 Å². The van der Waals surface area contributed by atoms with E-state index >= 15 is 0 Å². The third kappa shape index (κ3) is 2.94. The minimum atomic E-state index is -1.61. The van der Waals surface area contributed by atoms with Gasteiger partial charge < -0.3 is 9.84 Å². The normalized spacial score (nSPS) is 10.2. The topological polar surface area (TPSA) is 89.7 Å². The fourth-order valence-electron chi connectivity index (χ4n) is 1.64. The van der Waals surface area contributed by atoms with E-state index in [-0.39, 0.29) is 0 Å². The summed E-state index contributed by atoms with van der Waals surface area (Å²) in [6.07, 6.45) is 0. The Morgan fingerprint density at radius 3 is 2.52 bits per heavy atom. The lowest BCUT2D eigenvalue weighted by molar-refractivity contribution is -0.385. The molecule has 0 saturated carbocycles. The molecule has 1 N–H and O–H groups in total. The van der Waals surface area contributed by atoms with E-state index in [0.29, 0.717) is 6.07 Å². The average molecular weight is 295 g/mol. The van der Waals surface area contributed by atoms with Crippen LogP contribution in [-0.2, 0) is 0 Å². The molecule has 2 aromatic rings. The molecular weight excluding hydrogens is 288 g/mol. The van der Waals surface area contributed by atoms with Gasteiger partial charge in [0.2, 0.25) is 5.75 Å². The number of nitro benzene ring substituents is 1. The van der Waals surface area contributed by atoms with Crippen molar-refractivity contribution in [1.29, 1.82) is 0 Å². The van der Waals surface area contributed by atoms with Crippen LogP contribution in [0.15, 0.2) is 36.4 Å². The molecule has 0 aliphatic rings. The van der Waals surface area contributed by atoms with E-state index in [1.807, 2.05) is 0 Å². The van der Waals surface area contributed by atoms with Crippen molar-refractivity contribution < 1.29 is 28.3 Å². The molecule has 0 radical (unpaired) electrons. The molecule has 0 aliphatic heterocycles. The van der Waals surface area contributed by atoms with Gasteiger partial charge in [-0.05, 0) is 18.2 Å². The van der Waals surface area contributed by atoms with Crippen LogP contribution in [0.2, 0.25) is 0 Å². The van der Waals surface area contributed by atoms with Crippen molar-refractivity contribution in [2.75, 3.05) is 0 Å². The molecule has 0 spiro atoms. The summed E-state index contributed by atoms with van der Waals surface area (Å²) >= 11 is 0. The van der Waals surface area contributed by atoms with Crippen LogP contribution in [0.4, 0.5) is 14.5 Å². The predicted octanol–water partition coefficient (Wildman–Crippen LogP) is 3.36. The highest BCUT2D eigenvalue weighted by atomic mass is 19.1. The number of carboxylic acids is 1. The summed E-state index contributed by atoms with van der Waals surface area (Å²) < 4.78 is 31.7. The zero-order valence-electron chi connectivity index (χ0n) is 10.2. The third-order valence-corrected chi connectivity index (χ3v) is 2.53. The number of nitro groups is 1. The second-order valence-electron chi connectivity index (χ2n) is 3.89. The van der Waals surface area contributed by atoms with E-state index in [1.54, 1.807) is 0 Å². The van der Waals surface area contributed by atoms with Gasteiger partial charge in [0.05, 0.1) is 4.92 Å². The number of carbonyl (C=O) groups is 1. The molecule has 0 bridgehead atoms. The zero-order chi connectivity index (χ0) is 15.6. The Hall–Kier alpha value is -3.03. The molecule has 0 saturated heterocycles. The summed E-state index contributed by atoms with van der Waals surface area (Å²) in [5.74, 6) is -4.48. The number of ether oxygens (including phenoxy) is 1. The number of carboxylic acid groups (broad SMARTS) is 1. The number of nitrogens with zero attached hydrogens (tertiary/aromatic N) is 1. The fourth-order valence-corrected chi connectivity index (χ4v) is 1.64. The fraction of sp³-hybridized carbons (Fsp3) is 0. The first kappa shape index (κ1) is 14.4. The van der Waals surface area contributed by atoms with Crippen molar-refractivity contribution in [1.82, 2.24) is 0 Å². The lowest BCUT2D eigenvalue weighted by atomic mass is 10.2. The molecule has 0 fully saturated rings. The second kappa shape index (κ2) is 5.53. The van der Waals surface area contributed by atoms with E-state index < -0.39 is 45.3 Å². The number of hydrogen-bond donors (Lipinski definition) is 1. The lowest BCUT2D eigenvalue weighted by Crippen LogP contribution is -2.04. The second-order valence-corrected chi connectivity index (χ2v) is 3.89. The molecule has 0 unspecified atom stereocenters. The monoisotopic (exact) mass is 295 g/mol. The van der Waals surface area contributed by atoms with Gasteiger partial charge in [0.1, 0.15) is 22.9 Å². The Kier molecular flexibility index (Phi) is 3.79. The first-order valence-electron chi connectivity index (χ1n) is 5.53. The Morgan fingerprint density at radius 2 is 1.90 bits per heavy atom. The summed E-state index contributed by atoms with van der Waals surface area (Å²) in [6.45, 7) is 0. The summed E-state index contributed by atoms with van der Waals surface area (Å²) in [6, 6.07) is 5.62. The van der Waals surface area contributed by atoms with E-state index in [0.717, 1.165) is 24.3 Å². The van der Waals surface area contributed by atoms with Crippen molar-refractivity contribution in [3.63, 3.8) is 0 Å². The van der Waals surface area contributed by atoms with E-state index in [1.165, 1.54) is 6.07 Å². The zero-order valence-corrected chi connectivity index (χ0v) is 10.2. The molecule has 108 valence electrons. The van der Waals surface area contributed by atoms with Gasteiger partial charge in [-0.1, -0.05) is 6.07 Å². The van der Waals surface area contributed by atoms with Crippen LogP contribution in [0.25, 0.3) is 0 Å². The lowest BCUT2D eigenvalue weighted by Gasteiger charge is -2.09. The number of rotatable bonds is 4. The van der Waals surface area contributed by atoms with Gasteiger partial charge in [-0.3, -0.25) is 10.1 Å². The summed E-state index contributed by atoms with van der Waals surface area (Å²) in [5.41, 5.74) is -1.37. The van der Waals surface area contributed by atoms with Gasteiger partial charge in [-0.15, -0.1) is 0 Å². The highest BCUT2D eigenvalue weighted by Crippen LogP contribution is 2.34. The highest BCUT2D eigenvalue weighted by Gasteiger charge is 2.22. The van der Waals surface area contributed by atoms with Crippen LogP contribution in [0, 0.1) is 21.7 Å². The van der Waals surface area contributed by atoms with Crippen molar-refractivity contribution in [2.24, 2.45) is 0 Å². The van der Waals surface area contributed by atoms with Crippen LogP contribution in [0.3, 0.4) is 0 Å². The summed E-state index contributed by atoms with van der Waals surface area (Å²) in [4.78, 5) is 21.0. The number of benzene rings is 2. The molecule has 0 atom stereocenters. The van der Waals surface area contributed by atoms with E-state index in [4.69, 9.17) is 9.84 Å². The van der Waals surface area contributed by atoms with Crippen LogP contribution in [0.1, 0.15) is 10.4 Å². The standard InChI is InChI=1S/C13H7F2NO5/c14-7-4-5-9(16(19)20)11(6-7)21-10-3-1-2-8(15)12(10)13(17)18/h1-6H,(H,17,18). The Morgan fingerprint density at radius 1 is 1.19 bits per heavy atom. The maximum absolute atomic E-state index is 13.5. The molecule has 0 heterocycles. The van der Waals surface area contributed by atoms with Gasteiger partial charge >= 0.3 is 11.7 Å². The van der Waals surface area contributed by atoms with Crippen molar-refractivity contribution >= 4 is 11.7 Å². The van der Waals surface area contributed by atoms with Crippen LogP contribution >= 0.6 is 0 Å². The average Bonchev–Trinajstić information content (AvgIpc) is 2.37. The highest BCUT2D eigenvalue weighted by molar-refractivity contribution is 5.91. The van der Waals surface area contributed by atoms with Gasteiger partial charge in [-0.25, -0.2) is 13.6 Å². The van der Waals surface area contributed by atoms with Crippen LogP contribution in [-0.4, -0.2) is 16.0 Å². The van der Waals surface area contributed by atoms with Crippen LogP contribution < -0.4 is 4.74 Å². The SMILES string of the molecule is O=C(O)c1c(F)cccc1Oc1cc(F)ccc1[N+](=O)[O-]. The maximum atomic E-state index is 13.5. The molecule has 2 rings (SSSR count). The number of aromatic carboxylic acids is 1. The van der Waals surface area contributed by atoms with Crippen molar-refractivity contribution in [2.45, 2.75) is 0 Å². The number of hydrogen-bond acceptors (Lipinski definition) is 4. The molecule has 0 amide bonds. The summed E-state index contributed by atoms with van der Waals surface area (Å²) in [5, 5.41) is 19.8. The minimum Gasteiger partial charge on any atom is -0.477 e. The van der Waals surface area contributed by atoms with E-state index in [2.05, 4.69) is 0 Å². The third-order valence-electron chi connectivity index (χ3n) is 2.53. The van der Waals surface area contributed by atoms with Crippen molar-refractivity contribution in [3.8, 4) is 11.5 Å². The molecule has 2 aromatic carbocycles. The number of halogens is 2. The maximum Gasteiger partial charge on any atom is 0.342 e. The molecular formula is C13H7F2NO5.